The van der Waals surface area contributed by atoms with Crippen LogP contribution in [0.4, 0.5) is 0 Å². The fraction of sp³-hybridized carbons (Fsp3) is 0.250. The highest BCUT2D eigenvalue weighted by atomic mass is 32.1. The summed E-state index contributed by atoms with van der Waals surface area (Å²) in [5.74, 6) is 1.43. The van der Waals surface area contributed by atoms with E-state index in [1.807, 2.05) is 12.1 Å². The van der Waals surface area contributed by atoms with Gasteiger partial charge in [-0.1, -0.05) is 42.5 Å². The van der Waals surface area contributed by atoms with Crippen molar-refractivity contribution in [2.24, 2.45) is 0 Å². The second-order valence-electron chi connectivity index (χ2n) is 8.73. The van der Waals surface area contributed by atoms with Crippen LogP contribution in [0.1, 0.15) is 55.1 Å². The Morgan fingerprint density at radius 3 is 2.58 bits per heavy atom. The summed E-state index contributed by atoms with van der Waals surface area (Å²) < 4.78 is 2.35. The molecule has 0 saturated carbocycles. The Kier molecular flexibility index (Phi) is 3.85. The van der Waals surface area contributed by atoms with Gasteiger partial charge >= 0.3 is 0 Å². The zero-order valence-corrected chi connectivity index (χ0v) is 18.0. The van der Waals surface area contributed by atoms with Gasteiger partial charge in [0.05, 0.1) is 23.1 Å². The van der Waals surface area contributed by atoms with Crippen molar-refractivity contribution in [1.29, 1.82) is 0 Å². The van der Waals surface area contributed by atoms with Crippen molar-refractivity contribution in [2.45, 2.75) is 38.0 Å². The molecule has 0 aliphatic carbocycles. The van der Waals surface area contributed by atoms with Gasteiger partial charge in [-0.25, -0.2) is 15.0 Å². The first-order chi connectivity index (χ1) is 14.9. The number of aromatic nitrogens is 4. The first-order valence-electron chi connectivity index (χ1n) is 10.4. The van der Waals surface area contributed by atoms with Gasteiger partial charge in [0.2, 0.25) is 0 Å². The average molecular weight is 428 g/mol. The van der Waals surface area contributed by atoms with Crippen LogP contribution in [0, 0.1) is 0 Å². The van der Waals surface area contributed by atoms with E-state index in [0.29, 0.717) is 5.82 Å². The zero-order chi connectivity index (χ0) is 21.3. The average Bonchev–Trinajstić information content (AvgIpc) is 3.25. The van der Waals surface area contributed by atoms with Gasteiger partial charge in [0, 0.05) is 23.5 Å². The summed E-state index contributed by atoms with van der Waals surface area (Å²) in [6.07, 6.45) is 4.47. The van der Waals surface area contributed by atoms with Gasteiger partial charge in [0.25, 0.3) is 0 Å². The van der Waals surface area contributed by atoms with Crippen LogP contribution < -0.4 is 5.32 Å². The Balaban J connectivity index is 1.58. The van der Waals surface area contributed by atoms with Crippen molar-refractivity contribution < 1.29 is 5.11 Å². The van der Waals surface area contributed by atoms with Crippen molar-refractivity contribution in [3.05, 3.63) is 77.6 Å². The number of imidazole rings is 1. The number of aliphatic hydroxyl groups is 1. The topological polar surface area (TPSA) is 75.9 Å². The van der Waals surface area contributed by atoms with Crippen LogP contribution in [0.3, 0.4) is 0 Å². The lowest BCUT2D eigenvalue weighted by Crippen LogP contribution is -2.27. The number of para-hydroxylation sites is 2. The lowest BCUT2D eigenvalue weighted by atomic mass is 9.91. The molecule has 6 rings (SSSR count). The van der Waals surface area contributed by atoms with Gasteiger partial charge in [-0.05, 0) is 43.5 Å². The molecule has 2 aromatic heterocycles. The van der Waals surface area contributed by atoms with Crippen molar-refractivity contribution in [3.8, 4) is 11.1 Å². The molecule has 2 atom stereocenters. The Morgan fingerprint density at radius 1 is 1.06 bits per heavy atom. The molecule has 4 heterocycles. The summed E-state index contributed by atoms with van der Waals surface area (Å²) in [6.45, 7) is 3.37. The minimum absolute atomic E-state index is 0.0824. The molecule has 2 aromatic carbocycles. The molecule has 2 N–H and O–H groups in total. The van der Waals surface area contributed by atoms with E-state index in [2.05, 4.69) is 50.2 Å². The number of nitrogens with zero attached hydrogens (tertiary/aromatic N) is 4. The van der Waals surface area contributed by atoms with E-state index in [-0.39, 0.29) is 12.1 Å². The van der Waals surface area contributed by atoms with Crippen LogP contribution in [0.5, 0.6) is 0 Å². The first kappa shape index (κ1) is 18.6. The van der Waals surface area contributed by atoms with Gasteiger partial charge in [-0.2, -0.15) is 0 Å². The van der Waals surface area contributed by atoms with Crippen LogP contribution >= 0.6 is 12.2 Å². The minimum atomic E-state index is -1.08. The molecule has 2 aliphatic heterocycles. The molecule has 0 radical (unpaired) electrons. The summed E-state index contributed by atoms with van der Waals surface area (Å²) in [6, 6.07) is 14.7. The predicted molar refractivity (Wildman–Crippen MR) is 123 cm³/mol. The van der Waals surface area contributed by atoms with Gasteiger partial charge in [0.15, 0.2) is 5.82 Å². The van der Waals surface area contributed by atoms with E-state index in [4.69, 9.17) is 17.2 Å². The maximum atomic E-state index is 10.2. The molecule has 0 saturated heterocycles. The monoisotopic (exact) mass is 427 g/mol. The molecule has 0 amide bonds. The standard InChI is InChI=1S/C24H21N5OS/c1-24(2,30)23-25-11-13(12-26-23)14-6-5-7-15-20(14)19-10-17(28-22(15)31)21-27-16-8-3-4-9-18(16)29(19)21/h3-9,11-12,17,19,30H,10H2,1-2H3,(H,28,31). The van der Waals surface area contributed by atoms with Crippen molar-refractivity contribution in [2.75, 3.05) is 0 Å². The molecular formula is C24H21N5OS. The number of rotatable bonds is 2. The maximum Gasteiger partial charge on any atom is 0.159 e. The number of nitrogens with one attached hydrogen (secondary N) is 1. The van der Waals surface area contributed by atoms with Gasteiger partial charge in [-0.15, -0.1) is 0 Å². The fourth-order valence-corrected chi connectivity index (χ4v) is 5.15. The molecule has 31 heavy (non-hydrogen) atoms. The fourth-order valence-electron chi connectivity index (χ4n) is 4.83. The number of hydrogen-bond acceptors (Lipinski definition) is 5. The predicted octanol–water partition coefficient (Wildman–Crippen LogP) is 4.03. The van der Waals surface area contributed by atoms with E-state index in [9.17, 15) is 5.11 Å². The van der Waals surface area contributed by atoms with Crippen molar-refractivity contribution >= 4 is 28.2 Å². The highest BCUT2D eigenvalue weighted by molar-refractivity contribution is 7.80. The Morgan fingerprint density at radius 2 is 1.81 bits per heavy atom. The highest BCUT2D eigenvalue weighted by Crippen LogP contribution is 2.47. The third-order valence-corrected chi connectivity index (χ3v) is 6.54. The molecule has 2 unspecified atom stereocenters. The van der Waals surface area contributed by atoms with Gasteiger partial charge in [-0.3, -0.25) is 0 Å². The minimum Gasteiger partial charge on any atom is -0.382 e. The summed E-state index contributed by atoms with van der Waals surface area (Å²) >= 11 is 5.79. The molecule has 2 bridgehead atoms. The number of thiocarbonyl (C=S) groups is 1. The second-order valence-corrected chi connectivity index (χ2v) is 9.14. The molecule has 0 spiro atoms. The van der Waals surface area contributed by atoms with Gasteiger partial charge in [0.1, 0.15) is 16.4 Å². The lowest BCUT2D eigenvalue weighted by Gasteiger charge is -2.22. The SMILES string of the molecule is CC(C)(O)c1ncc(-c2cccc3c2C2CC(NC3=S)c3nc4ccccc4n32)cn1. The summed E-state index contributed by atoms with van der Waals surface area (Å²) in [4.78, 5) is 14.5. The smallest absolute Gasteiger partial charge is 0.159 e. The molecule has 7 heteroatoms. The van der Waals surface area contributed by atoms with E-state index < -0.39 is 5.60 Å². The van der Waals surface area contributed by atoms with Gasteiger partial charge < -0.3 is 15.0 Å². The maximum absolute atomic E-state index is 10.2. The molecule has 0 fully saturated rings. The van der Waals surface area contributed by atoms with E-state index in [0.717, 1.165) is 45.0 Å². The summed E-state index contributed by atoms with van der Waals surface area (Å²) in [5, 5.41) is 13.8. The third kappa shape index (κ3) is 2.73. The van der Waals surface area contributed by atoms with Crippen LogP contribution in [0.2, 0.25) is 0 Å². The van der Waals surface area contributed by atoms with Crippen LogP contribution in [0.25, 0.3) is 22.2 Å². The Hall–Kier alpha value is -3.16. The molecule has 4 aromatic rings. The Bertz CT molecular complexity index is 1350. The highest BCUT2D eigenvalue weighted by Gasteiger charge is 2.40. The van der Waals surface area contributed by atoms with Crippen LogP contribution in [-0.2, 0) is 5.60 Å². The molecular weight excluding hydrogens is 406 g/mol. The summed E-state index contributed by atoms with van der Waals surface area (Å²) in [7, 11) is 0. The zero-order valence-electron chi connectivity index (χ0n) is 17.2. The lowest BCUT2D eigenvalue weighted by molar-refractivity contribution is 0.0687. The van der Waals surface area contributed by atoms with Crippen molar-refractivity contribution in [3.63, 3.8) is 0 Å². The summed E-state index contributed by atoms with van der Waals surface area (Å²) in [5.41, 5.74) is 5.22. The number of benzene rings is 2. The molecule has 6 nitrogen and oxygen atoms in total. The van der Waals surface area contributed by atoms with Crippen molar-refractivity contribution in [1.82, 2.24) is 24.8 Å². The largest absolute Gasteiger partial charge is 0.382 e. The van der Waals surface area contributed by atoms with E-state index in [1.165, 1.54) is 5.56 Å². The van der Waals surface area contributed by atoms with Crippen LogP contribution in [0.15, 0.2) is 54.9 Å². The number of hydrogen-bond donors (Lipinski definition) is 2. The normalized spacial score (nSPS) is 19.6. The first-order valence-corrected chi connectivity index (χ1v) is 10.8. The second kappa shape index (κ2) is 6.42. The third-order valence-electron chi connectivity index (χ3n) is 6.20. The van der Waals surface area contributed by atoms with E-state index in [1.54, 1.807) is 26.2 Å². The Labute approximate surface area is 185 Å². The molecule has 2 aliphatic rings. The van der Waals surface area contributed by atoms with E-state index >= 15 is 0 Å². The number of fused-ring (bicyclic) bond motifs is 9. The quantitative estimate of drug-likeness (QED) is 0.471. The van der Waals surface area contributed by atoms with Crippen LogP contribution in [-0.4, -0.2) is 29.6 Å². The molecule has 154 valence electrons.